The molecule has 2 atom stereocenters. The van der Waals surface area contributed by atoms with Crippen molar-refractivity contribution in [1.82, 2.24) is 19.6 Å². The van der Waals surface area contributed by atoms with Gasteiger partial charge in [0.1, 0.15) is 5.82 Å². The van der Waals surface area contributed by atoms with Crippen molar-refractivity contribution in [3.05, 3.63) is 47.7 Å². The molecule has 5 heteroatoms. The molecule has 2 heterocycles. The standard InChI is InChI=1S/C19H19FN4/c1-18(2)13-8-9-19(18,3)16-15(13)22-23-17-21-14(10-24(16)17)11-4-6-12(20)7-5-11/h4-7,10,13H,8-9H2,1-3H3/t13-,19-/m0/s1. The summed E-state index contributed by atoms with van der Waals surface area (Å²) in [5, 5.41) is 8.90. The summed E-state index contributed by atoms with van der Waals surface area (Å²) in [6.07, 6.45) is 4.37. The van der Waals surface area contributed by atoms with Gasteiger partial charge in [-0.15, -0.1) is 10.2 Å². The summed E-state index contributed by atoms with van der Waals surface area (Å²) >= 11 is 0. The van der Waals surface area contributed by atoms with Crippen LogP contribution in [0.3, 0.4) is 0 Å². The molecule has 0 saturated heterocycles. The third-order valence-electron chi connectivity index (χ3n) is 6.64. The normalized spacial score (nSPS) is 26.9. The van der Waals surface area contributed by atoms with Crippen molar-refractivity contribution in [3.63, 3.8) is 0 Å². The van der Waals surface area contributed by atoms with Gasteiger partial charge in [-0.2, -0.15) is 0 Å². The van der Waals surface area contributed by atoms with Gasteiger partial charge in [-0.1, -0.05) is 20.8 Å². The van der Waals surface area contributed by atoms with Gasteiger partial charge >= 0.3 is 0 Å². The van der Waals surface area contributed by atoms with E-state index in [2.05, 4.69) is 40.4 Å². The molecule has 1 saturated carbocycles. The lowest BCUT2D eigenvalue weighted by molar-refractivity contribution is 0.225. The van der Waals surface area contributed by atoms with Crippen LogP contribution in [-0.2, 0) is 5.41 Å². The van der Waals surface area contributed by atoms with Crippen LogP contribution in [0.2, 0.25) is 0 Å². The number of nitrogens with zero attached hydrogens (tertiary/aromatic N) is 4. The number of aromatic nitrogens is 4. The molecule has 122 valence electrons. The summed E-state index contributed by atoms with van der Waals surface area (Å²) in [6.45, 7) is 7.03. The van der Waals surface area contributed by atoms with Crippen LogP contribution >= 0.6 is 0 Å². The van der Waals surface area contributed by atoms with Gasteiger partial charge in [-0.25, -0.2) is 9.37 Å². The zero-order valence-corrected chi connectivity index (χ0v) is 14.0. The molecule has 2 aliphatic rings. The molecular formula is C19H19FN4. The minimum atomic E-state index is -0.241. The molecule has 0 unspecified atom stereocenters. The molecule has 4 nitrogen and oxygen atoms in total. The Labute approximate surface area is 139 Å². The predicted molar refractivity (Wildman–Crippen MR) is 89.3 cm³/mol. The Balaban J connectivity index is 1.76. The highest BCUT2D eigenvalue weighted by atomic mass is 19.1. The maximum Gasteiger partial charge on any atom is 0.254 e. The van der Waals surface area contributed by atoms with Gasteiger partial charge in [0.15, 0.2) is 0 Å². The molecule has 1 aromatic carbocycles. The van der Waals surface area contributed by atoms with E-state index >= 15 is 0 Å². The molecule has 0 spiro atoms. The highest BCUT2D eigenvalue weighted by Gasteiger charge is 2.61. The molecule has 3 aromatic rings. The second-order valence-corrected chi connectivity index (χ2v) is 7.88. The molecule has 24 heavy (non-hydrogen) atoms. The lowest BCUT2D eigenvalue weighted by Crippen LogP contribution is -2.32. The van der Waals surface area contributed by atoms with Crippen molar-refractivity contribution in [2.75, 3.05) is 0 Å². The highest BCUT2D eigenvalue weighted by Crippen LogP contribution is 2.66. The van der Waals surface area contributed by atoms with Crippen molar-refractivity contribution in [2.45, 2.75) is 44.9 Å². The second kappa shape index (κ2) is 4.21. The average molecular weight is 322 g/mol. The van der Waals surface area contributed by atoms with Crippen LogP contribution in [-0.4, -0.2) is 19.6 Å². The lowest BCUT2D eigenvalue weighted by Gasteiger charge is -2.34. The first kappa shape index (κ1) is 14.1. The Kier molecular flexibility index (Phi) is 2.47. The minimum absolute atomic E-state index is 0.0853. The van der Waals surface area contributed by atoms with Crippen molar-refractivity contribution in [2.24, 2.45) is 5.41 Å². The number of halogens is 1. The van der Waals surface area contributed by atoms with Crippen LogP contribution in [0.4, 0.5) is 4.39 Å². The zero-order valence-electron chi connectivity index (χ0n) is 14.0. The lowest BCUT2D eigenvalue weighted by atomic mass is 9.70. The van der Waals surface area contributed by atoms with Gasteiger partial charge < -0.3 is 0 Å². The van der Waals surface area contributed by atoms with Crippen LogP contribution in [0.1, 0.15) is 50.9 Å². The Hall–Kier alpha value is -2.30. The third kappa shape index (κ3) is 1.50. The Morgan fingerprint density at radius 3 is 2.62 bits per heavy atom. The first-order valence-electron chi connectivity index (χ1n) is 8.44. The van der Waals surface area contributed by atoms with Gasteiger partial charge in [0.2, 0.25) is 0 Å². The SMILES string of the molecule is CC1(C)[C@H]2CC[C@@]1(C)c1c2nnc2nc(-c3ccc(F)cc3)cn12. The molecular weight excluding hydrogens is 303 g/mol. The summed E-state index contributed by atoms with van der Waals surface area (Å²) in [5.74, 6) is 0.846. The van der Waals surface area contributed by atoms with Gasteiger partial charge in [-0.3, -0.25) is 4.40 Å². The fraction of sp³-hybridized carbons (Fsp3) is 0.421. The van der Waals surface area contributed by atoms with E-state index in [1.54, 1.807) is 12.1 Å². The topological polar surface area (TPSA) is 43.1 Å². The van der Waals surface area contributed by atoms with E-state index in [1.807, 2.05) is 6.20 Å². The monoisotopic (exact) mass is 322 g/mol. The second-order valence-electron chi connectivity index (χ2n) is 7.88. The first-order valence-corrected chi connectivity index (χ1v) is 8.44. The van der Waals surface area contributed by atoms with Gasteiger partial charge in [0, 0.05) is 23.1 Å². The van der Waals surface area contributed by atoms with E-state index in [9.17, 15) is 4.39 Å². The number of hydrogen-bond donors (Lipinski definition) is 0. The van der Waals surface area contributed by atoms with Crippen molar-refractivity contribution in [3.8, 4) is 11.3 Å². The highest BCUT2D eigenvalue weighted by molar-refractivity contribution is 5.62. The van der Waals surface area contributed by atoms with E-state index in [-0.39, 0.29) is 16.6 Å². The molecule has 0 N–H and O–H groups in total. The number of fused-ring (bicyclic) bond motifs is 7. The van der Waals surface area contributed by atoms with Crippen LogP contribution in [0.25, 0.3) is 17.0 Å². The number of rotatable bonds is 1. The summed E-state index contributed by atoms with van der Waals surface area (Å²) < 4.78 is 15.3. The maximum atomic E-state index is 13.2. The fourth-order valence-electron chi connectivity index (χ4n) is 4.82. The van der Waals surface area contributed by atoms with Crippen LogP contribution < -0.4 is 0 Å². The molecule has 5 rings (SSSR count). The van der Waals surface area contributed by atoms with E-state index in [0.717, 1.165) is 17.0 Å². The van der Waals surface area contributed by atoms with E-state index in [0.29, 0.717) is 11.7 Å². The van der Waals surface area contributed by atoms with Crippen molar-refractivity contribution >= 4 is 5.78 Å². The molecule has 0 amide bonds. The Morgan fingerprint density at radius 1 is 1.12 bits per heavy atom. The van der Waals surface area contributed by atoms with E-state index < -0.39 is 0 Å². The zero-order chi connectivity index (χ0) is 16.7. The molecule has 0 aliphatic heterocycles. The first-order chi connectivity index (χ1) is 11.4. The largest absolute Gasteiger partial charge is 0.284 e. The smallest absolute Gasteiger partial charge is 0.254 e. The van der Waals surface area contributed by atoms with Crippen LogP contribution in [0.5, 0.6) is 0 Å². The number of hydrogen-bond acceptors (Lipinski definition) is 3. The van der Waals surface area contributed by atoms with Crippen LogP contribution in [0, 0.1) is 11.2 Å². The molecule has 2 aliphatic carbocycles. The van der Waals surface area contributed by atoms with Crippen molar-refractivity contribution < 1.29 is 4.39 Å². The summed E-state index contributed by atoms with van der Waals surface area (Å²) in [7, 11) is 0. The summed E-state index contributed by atoms with van der Waals surface area (Å²) in [5.41, 5.74) is 4.35. The Bertz CT molecular complexity index is 973. The maximum absolute atomic E-state index is 13.2. The van der Waals surface area contributed by atoms with E-state index in [4.69, 9.17) is 0 Å². The van der Waals surface area contributed by atoms with Crippen LogP contribution in [0.15, 0.2) is 30.5 Å². The minimum Gasteiger partial charge on any atom is -0.284 e. The number of imidazole rings is 1. The van der Waals surface area contributed by atoms with Gasteiger partial charge in [-0.05, 0) is 42.5 Å². The fourth-order valence-corrected chi connectivity index (χ4v) is 4.82. The van der Waals surface area contributed by atoms with E-state index in [1.165, 1.54) is 30.7 Å². The Morgan fingerprint density at radius 2 is 1.88 bits per heavy atom. The molecule has 2 bridgehead atoms. The average Bonchev–Trinajstić information content (AvgIpc) is 3.13. The predicted octanol–water partition coefficient (Wildman–Crippen LogP) is 4.11. The quantitative estimate of drug-likeness (QED) is 0.677. The van der Waals surface area contributed by atoms with Gasteiger partial charge in [0.25, 0.3) is 5.78 Å². The third-order valence-corrected chi connectivity index (χ3v) is 6.64. The summed E-state index contributed by atoms with van der Waals surface area (Å²) in [6, 6.07) is 6.43. The molecule has 1 fully saturated rings. The van der Waals surface area contributed by atoms with Gasteiger partial charge in [0.05, 0.1) is 17.1 Å². The van der Waals surface area contributed by atoms with Crippen molar-refractivity contribution in [1.29, 1.82) is 0 Å². The molecule has 2 aromatic heterocycles. The number of benzene rings is 1. The molecule has 0 radical (unpaired) electrons. The summed E-state index contributed by atoms with van der Waals surface area (Å²) in [4.78, 5) is 4.62.